The number of halogens is 2. The summed E-state index contributed by atoms with van der Waals surface area (Å²) in [7, 11) is 0. The summed E-state index contributed by atoms with van der Waals surface area (Å²) >= 11 is 0. The van der Waals surface area contributed by atoms with Gasteiger partial charge >= 0.3 is 0 Å². The molecule has 0 amide bonds. The molecule has 7 heteroatoms. The summed E-state index contributed by atoms with van der Waals surface area (Å²) in [5.41, 5.74) is 1.60. The molecule has 2 aromatic heterocycles. The second-order valence-corrected chi connectivity index (χ2v) is 5.30. The van der Waals surface area contributed by atoms with Gasteiger partial charge in [0.1, 0.15) is 11.5 Å². The zero-order chi connectivity index (χ0) is 17.2. The molecule has 0 aliphatic heterocycles. The molecule has 0 radical (unpaired) electrons. The van der Waals surface area contributed by atoms with Crippen molar-refractivity contribution in [2.75, 3.05) is 0 Å². The van der Waals surface area contributed by atoms with Gasteiger partial charge in [-0.25, -0.2) is 8.78 Å². The molecule has 0 bridgehead atoms. The van der Waals surface area contributed by atoms with Crippen molar-refractivity contribution >= 4 is 5.65 Å². The molecule has 0 saturated carbocycles. The maximum Gasteiger partial charge on any atom is 0.297 e. The molecule has 124 valence electrons. The quantitative estimate of drug-likeness (QED) is 0.549. The van der Waals surface area contributed by atoms with Crippen molar-refractivity contribution in [2.45, 2.75) is 6.43 Å². The van der Waals surface area contributed by atoms with E-state index in [2.05, 4.69) is 15.2 Å². The fourth-order valence-electron chi connectivity index (χ4n) is 2.44. The molecule has 0 unspecified atom stereocenters. The summed E-state index contributed by atoms with van der Waals surface area (Å²) in [5, 5.41) is 7.18. The Morgan fingerprint density at radius 2 is 1.60 bits per heavy atom. The number of benzene rings is 2. The molecule has 5 nitrogen and oxygen atoms in total. The van der Waals surface area contributed by atoms with E-state index in [-0.39, 0.29) is 5.65 Å². The van der Waals surface area contributed by atoms with Gasteiger partial charge < -0.3 is 4.74 Å². The highest BCUT2D eigenvalue weighted by molar-refractivity contribution is 5.60. The van der Waals surface area contributed by atoms with E-state index >= 15 is 0 Å². The number of fused-ring (bicyclic) bond motifs is 1. The molecule has 0 spiro atoms. The first-order valence-corrected chi connectivity index (χ1v) is 7.53. The van der Waals surface area contributed by atoms with E-state index in [1.165, 1.54) is 16.8 Å². The highest BCUT2D eigenvalue weighted by Gasteiger charge is 2.16. The Kier molecular flexibility index (Phi) is 3.81. The number of aromatic nitrogens is 4. The van der Waals surface area contributed by atoms with Crippen molar-refractivity contribution in [3.8, 4) is 22.8 Å². The SMILES string of the molecule is FC(F)c1nnc2cnc(-c3ccc(Oc4ccccc4)cc3)cn12. The Hall–Kier alpha value is -3.35. The van der Waals surface area contributed by atoms with Crippen molar-refractivity contribution in [3.05, 3.63) is 72.8 Å². The first-order chi connectivity index (χ1) is 12.2. The Morgan fingerprint density at radius 3 is 2.32 bits per heavy atom. The smallest absolute Gasteiger partial charge is 0.297 e. The molecule has 0 atom stereocenters. The third-order valence-electron chi connectivity index (χ3n) is 3.64. The van der Waals surface area contributed by atoms with Gasteiger partial charge in [-0.3, -0.25) is 9.38 Å². The van der Waals surface area contributed by atoms with Crippen LogP contribution < -0.4 is 4.74 Å². The third kappa shape index (κ3) is 3.03. The van der Waals surface area contributed by atoms with Crippen LogP contribution in [0.1, 0.15) is 12.2 Å². The average molecular weight is 338 g/mol. The molecular formula is C18H12F2N4O. The molecule has 0 aliphatic rings. The lowest BCUT2D eigenvalue weighted by atomic mass is 10.1. The number of hydrogen-bond donors (Lipinski definition) is 0. The van der Waals surface area contributed by atoms with Gasteiger partial charge in [0.05, 0.1) is 11.9 Å². The highest BCUT2D eigenvalue weighted by Crippen LogP contribution is 2.25. The van der Waals surface area contributed by atoms with E-state index in [1.807, 2.05) is 42.5 Å². The van der Waals surface area contributed by atoms with Crippen LogP contribution in [0.15, 0.2) is 67.0 Å². The van der Waals surface area contributed by atoms with E-state index in [0.29, 0.717) is 11.4 Å². The topological polar surface area (TPSA) is 52.3 Å². The molecule has 4 aromatic rings. The predicted octanol–water partition coefficient (Wildman–Crippen LogP) is 4.52. The largest absolute Gasteiger partial charge is 0.457 e. The van der Waals surface area contributed by atoms with Crippen LogP contribution in [0.25, 0.3) is 16.9 Å². The summed E-state index contributed by atoms with van der Waals surface area (Å²) in [6.45, 7) is 0. The van der Waals surface area contributed by atoms with Gasteiger partial charge in [-0.1, -0.05) is 18.2 Å². The third-order valence-corrected chi connectivity index (χ3v) is 3.64. The lowest BCUT2D eigenvalue weighted by Crippen LogP contribution is -1.97. The van der Waals surface area contributed by atoms with Crippen molar-refractivity contribution in [1.82, 2.24) is 19.6 Å². The fourth-order valence-corrected chi connectivity index (χ4v) is 2.44. The van der Waals surface area contributed by atoms with Crippen LogP contribution in [0.2, 0.25) is 0 Å². The van der Waals surface area contributed by atoms with Gasteiger partial charge in [0.2, 0.25) is 5.82 Å². The van der Waals surface area contributed by atoms with E-state index in [9.17, 15) is 8.78 Å². The Bertz CT molecular complexity index is 1000. The molecule has 0 aliphatic carbocycles. The number of nitrogens with zero attached hydrogens (tertiary/aromatic N) is 4. The van der Waals surface area contributed by atoms with Crippen molar-refractivity contribution in [1.29, 1.82) is 0 Å². The number of hydrogen-bond acceptors (Lipinski definition) is 4. The van der Waals surface area contributed by atoms with Crippen LogP contribution in [-0.2, 0) is 0 Å². The standard InChI is InChI=1S/C18H12F2N4O/c19-17(20)18-23-22-16-10-21-15(11-24(16)18)12-6-8-14(9-7-12)25-13-4-2-1-3-5-13/h1-11,17H. The minimum Gasteiger partial charge on any atom is -0.457 e. The number of ether oxygens (including phenoxy) is 1. The van der Waals surface area contributed by atoms with Gasteiger partial charge in [0.15, 0.2) is 5.65 Å². The molecular weight excluding hydrogens is 326 g/mol. The first kappa shape index (κ1) is 15.2. The number of alkyl halides is 2. The van der Waals surface area contributed by atoms with Crippen LogP contribution >= 0.6 is 0 Å². The van der Waals surface area contributed by atoms with E-state index in [0.717, 1.165) is 11.3 Å². The Balaban J connectivity index is 1.63. The normalized spacial score (nSPS) is 11.2. The molecule has 2 aromatic carbocycles. The van der Waals surface area contributed by atoms with Gasteiger partial charge in [0.25, 0.3) is 6.43 Å². The molecule has 0 N–H and O–H groups in total. The van der Waals surface area contributed by atoms with Crippen molar-refractivity contribution < 1.29 is 13.5 Å². The Labute approximate surface area is 141 Å². The lowest BCUT2D eigenvalue weighted by Gasteiger charge is -2.07. The van der Waals surface area contributed by atoms with Crippen LogP contribution in [0.4, 0.5) is 8.78 Å². The Morgan fingerprint density at radius 1 is 0.880 bits per heavy atom. The van der Waals surface area contributed by atoms with E-state index < -0.39 is 12.2 Å². The summed E-state index contributed by atoms with van der Waals surface area (Å²) < 4.78 is 32.9. The van der Waals surface area contributed by atoms with Gasteiger partial charge in [0, 0.05) is 11.8 Å². The zero-order valence-electron chi connectivity index (χ0n) is 12.9. The number of rotatable bonds is 4. The molecule has 0 saturated heterocycles. The minimum absolute atomic E-state index is 0.281. The van der Waals surface area contributed by atoms with Crippen LogP contribution in [0.3, 0.4) is 0 Å². The maximum absolute atomic E-state index is 13.0. The lowest BCUT2D eigenvalue weighted by molar-refractivity contribution is 0.139. The van der Waals surface area contributed by atoms with Gasteiger partial charge in [-0.2, -0.15) is 0 Å². The minimum atomic E-state index is -2.70. The molecule has 2 heterocycles. The summed E-state index contributed by atoms with van der Waals surface area (Å²) in [4.78, 5) is 4.25. The first-order valence-electron chi connectivity index (χ1n) is 7.53. The van der Waals surface area contributed by atoms with Crippen molar-refractivity contribution in [2.24, 2.45) is 0 Å². The zero-order valence-corrected chi connectivity index (χ0v) is 12.9. The highest BCUT2D eigenvalue weighted by atomic mass is 19.3. The fraction of sp³-hybridized carbons (Fsp3) is 0.0556. The maximum atomic E-state index is 13.0. The second kappa shape index (κ2) is 6.27. The molecule has 4 rings (SSSR count). The van der Waals surface area contributed by atoms with E-state index in [1.54, 1.807) is 12.1 Å². The average Bonchev–Trinajstić information content (AvgIpc) is 3.07. The summed E-state index contributed by atoms with van der Waals surface area (Å²) in [6.07, 6.45) is 0.221. The summed E-state index contributed by atoms with van der Waals surface area (Å²) in [6, 6.07) is 16.7. The van der Waals surface area contributed by atoms with Gasteiger partial charge in [-0.15, -0.1) is 10.2 Å². The monoisotopic (exact) mass is 338 g/mol. The van der Waals surface area contributed by atoms with Crippen LogP contribution in [0, 0.1) is 0 Å². The second-order valence-electron chi connectivity index (χ2n) is 5.30. The van der Waals surface area contributed by atoms with Crippen LogP contribution in [0.5, 0.6) is 11.5 Å². The molecule has 25 heavy (non-hydrogen) atoms. The predicted molar refractivity (Wildman–Crippen MR) is 87.7 cm³/mol. The van der Waals surface area contributed by atoms with Crippen LogP contribution in [-0.4, -0.2) is 19.6 Å². The molecule has 0 fully saturated rings. The van der Waals surface area contributed by atoms with E-state index in [4.69, 9.17) is 4.74 Å². The number of para-hydroxylation sites is 1. The summed E-state index contributed by atoms with van der Waals surface area (Å²) in [5.74, 6) is 1.01. The van der Waals surface area contributed by atoms with Gasteiger partial charge in [-0.05, 0) is 36.4 Å². The van der Waals surface area contributed by atoms with Crippen molar-refractivity contribution in [3.63, 3.8) is 0 Å².